The highest BCUT2D eigenvalue weighted by Gasteiger charge is 2.24. The molecule has 5 nitrogen and oxygen atoms in total. The van der Waals surface area contributed by atoms with Gasteiger partial charge in [0.2, 0.25) is 5.91 Å². The van der Waals surface area contributed by atoms with E-state index in [9.17, 15) is 9.59 Å². The Morgan fingerprint density at radius 3 is 2.76 bits per heavy atom. The van der Waals surface area contributed by atoms with Gasteiger partial charge in [-0.1, -0.05) is 43.3 Å². The molecule has 3 aromatic carbocycles. The van der Waals surface area contributed by atoms with Crippen molar-refractivity contribution in [3.8, 4) is 5.75 Å². The zero-order valence-electron chi connectivity index (χ0n) is 16.5. The quantitative estimate of drug-likeness (QED) is 0.651. The van der Waals surface area contributed by atoms with E-state index in [0.717, 1.165) is 34.2 Å². The van der Waals surface area contributed by atoms with Gasteiger partial charge in [-0.2, -0.15) is 0 Å². The van der Waals surface area contributed by atoms with Crippen LogP contribution in [0.25, 0.3) is 10.8 Å². The summed E-state index contributed by atoms with van der Waals surface area (Å²) in [6.07, 6.45) is 1.27. The monoisotopic (exact) mass is 388 g/mol. The molecule has 0 unspecified atom stereocenters. The average molecular weight is 388 g/mol. The number of rotatable bonds is 6. The van der Waals surface area contributed by atoms with Crippen LogP contribution in [0.4, 0.5) is 5.69 Å². The average Bonchev–Trinajstić information content (AvgIpc) is 3.19. The predicted octanol–water partition coefficient (Wildman–Crippen LogP) is 3.95. The summed E-state index contributed by atoms with van der Waals surface area (Å²) in [4.78, 5) is 26.3. The molecule has 0 aromatic heterocycles. The first kappa shape index (κ1) is 19.0. The topological polar surface area (TPSA) is 58.6 Å². The molecule has 0 atom stereocenters. The van der Waals surface area contributed by atoms with Gasteiger partial charge in [0.25, 0.3) is 5.91 Å². The number of nitrogens with zero attached hydrogens (tertiary/aromatic N) is 1. The number of amides is 2. The number of carbonyl (C=O) groups excluding carboxylic acids is 2. The minimum atomic E-state index is -0.130. The van der Waals surface area contributed by atoms with Crippen LogP contribution >= 0.6 is 0 Å². The molecular weight excluding hydrogens is 364 g/mol. The minimum Gasteiger partial charge on any atom is -0.491 e. The number of fused-ring (bicyclic) bond motifs is 2. The number of hydrogen-bond acceptors (Lipinski definition) is 3. The highest BCUT2D eigenvalue weighted by molar-refractivity contribution is 5.98. The van der Waals surface area contributed by atoms with E-state index in [-0.39, 0.29) is 11.8 Å². The van der Waals surface area contributed by atoms with E-state index >= 15 is 0 Å². The second kappa shape index (κ2) is 8.35. The zero-order valence-corrected chi connectivity index (χ0v) is 16.5. The summed E-state index contributed by atoms with van der Waals surface area (Å²) >= 11 is 0. The molecular formula is C24H24N2O3. The molecule has 1 aliphatic heterocycles. The Bertz CT molecular complexity index is 1060. The first-order valence-electron chi connectivity index (χ1n) is 9.99. The third-order valence-electron chi connectivity index (χ3n) is 5.24. The summed E-state index contributed by atoms with van der Waals surface area (Å²) in [7, 11) is 0. The van der Waals surface area contributed by atoms with Gasteiger partial charge in [-0.15, -0.1) is 0 Å². The standard InChI is InChI=1S/C24H24N2O3/c1-2-23(27)26-14-12-18-16-19(10-11-21(18)26)24(28)25-13-15-29-22-9-5-7-17-6-3-4-8-20(17)22/h3-11,16H,2,12-15H2,1H3,(H,25,28). The van der Waals surface area contributed by atoms with Gasteiger partial charge in [-0.05, 0) is 41.6 Å². The van der Waals surface area contributed by atoms with Gasteiger partial charge in [0.1, 0.15) is 12.4 Å². The molecule has 0 fully saturated rings. The molecule has 4 rings (SSSR count). The Morgan fingerprint density at radius 2 is 1.90 bits per heavy atom. The number of anilines is 1. The fourth-order valence-electron chi connectivity index (χ4n) is 3.74. The molecule has 0 saturated heterocycles. The van der Waals surface area contributed by atoms with Crippen molar-refractivity contribution in [1.29, 1.82) is 0 Å². The summed E-state index contributed by atoms with van der Waals surface area (Å²) in [6, 6.07) is 19.6. The Balaban J connectivity index is 1.34. The lowest BCUT2D eigenvalue weighted by Gasteiger charge is -2.16. The Labute approximate surface area is 170 Å². The van der Waals surface area contributed by atoms with E-state index in [1.165, 1.54) is 0 Å². The van der Waals surface area contributed by atoms with Crippen LogP contribution in [0.5, 0.6) is 5.75 Å². The van der Waals surface area contributed by atoms with E-state index in [1.807, 2.05) is 61.5 Å². The highest BCUT2D eigenvalue weighted by Crippen LogP contribution is 2.29. The fourth-order valence-corrected chi connectivity index (χ4v) is 3.74. The van der Waals surface area contributed by atoms with Crippen LogP contribution in [0, 0.1) is 0 Å². The number of hydrogen-bond donors (Lipinski definition) is 1. The minimum absolute atomic E-state index is 0.117. The van der Waals surface area contributed by atoms with Gasteiger partial charge in [0.15, 0.2) is 0 Å². The molecule has 0 radical (unpaired) electrons. The molecule has 29 heavy (non-hydrogen) atoms. The lowest BCUT2D eigenvalue weighted by Crippen LogP contribution is -2.28. The Hall–Kier alpha value is -3.34. The van der Waals surface area contributed by atoms with Crippen LogP contribution in [0.2, 0.25) is 0 Å². The van der Waals surface area contributed by atoms with Crippen molar-refractivity contribution in [3.63, 3.8) is 0 Å². The van der Waals surface area contributed by atoms with E-state index < -0.39 is 0 Å². The highest BCUT2D eigenvalue weighted by atomic mass is 16.5. The van der Waals surface area contributed by atoms with Crippen molar-refractivity contribution in [1.82, 2.24) is 5.32 Å². The summed E-state index contributed by atoms with van der Waals surface area (Å²) in [5.74, 6) is 0.802. The van der Waals surface area contributed by atoms with Gasteiger partial charge < -0.3 is 15.0 Å². The molecule has 0 bridgehead atoms. The SMILES string of the molecule is CCC(=O)N1CCc2cc(C(=O)NCCOc3cccc4ccccc34)ccc21. The van der Waals surface area contributed by atoms with E-state index in [4.69, 9.17) is 4.74 Å². The van der Waals surface area contributed by atoms with E-state index in [0.29, 0.717) is 31.7 Å². The Kier molecular flexibility index (Phi) is 5.47. The second-order valence-corrected chi connectivity index (χ2v) is 7.07. The Morgan fingerprint density at radius 1 is 1.07 bits per heavy atom. The molecule has 1 N–H and O–H groups in total. The van der Waals surface area contributed by atoms with Crippen LogP contribution in [0.15, 0.2) is 60.7 Å². The molecule has 0 saturated carbocycles. The molecule has 1 heterocycles. The van der Waals surface area contributed by atoms with Gasteiger partial charge >= 0.3 is 0 Å². The van der Waals surface area contributed by atoms with Crippen molar-refractivity contribution >= 4 is 28.3 Å². The maximum Gasteiger partial charge on any atom is 0.251 e. The number of ether oxygens (including phenoxy) is 1. The first-order valence-corrected chi connectivity index (χ1v) is 9.99. The molecule has 5 heteroatoms. The van der Waals surface area contributed by atoms with Crippen LogP contribution in [-0.4, -0.2) is 31.5 Å². The maximum absolute atomic E-state index is 12.5. The van der Waals surface area contributed by atoms with Crippen molar-refractivity contribution < 1.29 is 14.3 Å². The molecule has 0 spiro atoms. The van der Waals surface area contributed by atoms with E-state index in [1.54, 1.807) is 11.0 Å². The van der Waals surface area contributed by atoms with Gasteiger partial charge in [0, 0.05) is 29.6 Å². The number of benzene rings is 3. The normalized spacial score (nSPS) is 12.7. The van der Waals surface area contributed by atoms with Crippen molar-refractivity contribution in [2.24, 2.45) is 0 Å². The van der Waals surface area contributed by atoms with Gasteiger partial charge in [0.05, 0.1) is 6.54 Å². The molecule has 0 aliphatic carbocycles. The largest absolute Gasteiger partial charge is 0.491 e. The zero-order chi connectivity index (χ0) is 20.2. The van der Waals surface area contributed by atoms with Crippen LogP contribution in [0.3, 0.4) is 0 Å². The molecule has 148 valence electrons. The first-order chi connectivity index (χ1) is 14.2. The summed E-state index contributed by atoms with van der Waals surface area (Å²) in [5.41, 5.74) is 2.58. The van der Waals surface area contributed by atoms with Crippen molar-refractivity contribution in [3.05, 3.63) is 71.8 Å². The second-order valence-electron chi connectivity index (χ2n) is 7.07. The maximum atomic E-state index is 12.5. The molecule has 3 aromatic rings. The van der Waals surface area contributed by atoms with Crippen molar-refractivity contribution in [2.75, 3.05) is 24.6 Å². The molecule has 1 aliphatic rings. The number of carbonyl (C=O) groups is 2. The number of nitrogens with one attached hydrogen (secondary N) is 1. The summed E-state index contributed by atoms with van der Waals surface area (Å²) < 4.78 is 5.87. The smallest absolute Gasteiger partial charge is 0.251 e. The van der Waals surface area contributed by atoms with Gasteiger partial charge in [-0.3, -0.25) is 9.59 Å². The lowest BCUT2D eigenvalue weighted by molar-refractivity contribution is -0.118. The predicted molar refractivity (Wildman–Crippen MR) is 115 cm³/mol. The van der Waals surface area contributed by atoms with Crippen LogP contribution < -0.4 is 15.0 Å². The lowest BCUT2D eigenvalue weighted by atomic mass is 10.1. The summed E-state index contributed by atoms with van der Waals surface area (Å²) in [6.45, 7) is 3.36. The van der Waals surface area contributed by atoms with Crippen molar-refractivity contribution in [2.45, 2.75) is 19.8 Å². The van der Waals surface area contributed by atoms with Crippen LogP contribution in [0.1, 0.15) is 29.3 Å². The fraction of sp³-hybridized carbons (Fsp3) is 0.250. The summed E-state index contributed by atoms with van der Waals surface area (Å²) in [5, 5.41) is 5.10. The third-order valence-corrected chi connectivity index (χ3v) is 5.24. The third kappa shape index (κ3) is 3.94. The molecule has 2 amide bonds. The van der Waals surface area contributed by atoms with E-state index in [2.05, 4.69) is 5.32 Å². The van der Waals surface area contributed by atoms with Crippen LogP contribution in [-0.2, 0) is 11.2 Å². The van der Waals surface area contributed by atoms with Gasteiger partial charge in [-0.25, -0.2) is 0 Å².